The summed E-state index contributed by atoms with van der Waals surface area (Å²) in [6.07, 6.45) is 4.57. The maximum Gasteiger partial charge on any atom is 0.294 e. The summed E-state index contributed by atoms with van der Waals surface area (Å²) in [5.74, 6) is -0.0661. The lowest BCUT2D eigenvalue weighted by Crippen LogP contribution is -2.44. The Morgan fingerprint density at radius 1 is 1.06 bits per heavy atom. The van der Waals surface area contributed by atoms with Crippen LogP contribution in [0.5, 0.6) is 11.5 Å². The number of likely N-dealkylation sites (tertiary alicyclic amines) is 1. The van der Waals surface area contributed by atoms with Gasteiger partial charge in [-0.1, -0.05) is 18.2 Å². The summed E-state index contributed by atoms with van der Waals surface area (Å²) in [5.41, 5.74) is 1.43. The number of benzene rings is 2. The van der Waals surface area contributed by atoms with Gasteiger partial charge in [-0.2, -0.15) is 0 Å². The quantitative estimate of drug-likeness (QED) is 0.540. The molecule has 0 atom stereocenters. The molecule has 0 saturated carbocycles. The molecule has 0 bridgehead atoms. The van der Waals surface area contributed by atoms with Crippen LogP contribution in [0.25, 0.3) is 6.08 Å². The van der Waals surface area contributed by atoms with Crippen molar-refractivity contribution in [3.63, 3.8) is 0 Å². The van der Waals surface area contributed by atoms with Crippen molar-refractivity contribution in [2.45, 2.75) is 25.9 Å². The molecule has 2 aliphatic rings. The lowest BCUT2D eigenvalue weighted by molar-refractivity contribution is -0.136. The van der Waals surface area contributed by atoms with Gasteiger partial charge in [0.2, 0.25) is 5.91 Å². The average Bonchev–Trinajstić information content (AvgIpc) is 3.11. The highest BCUT2D eigenvalue weighted by Gasteiger charge is 2.37. The Kier molecular flexibility index (Phi) is 7.52. The topological polar surface area (TPSA) is 76.2 Å². The second kappa shape index (κ2) is 10.7. The third-order valence-corrected chi connectivity index (χ3v) is 6.58. The molecule has 0 aromatic heterocycles. The van der Waals surface area contributed by atoms with Crippen LogP contribution in [0.3, 0.4) is 0 Å². The van der Waals surface area contributed by atoms with Gasteiger partial charge in [-0.05, 0) is 72.5 Å². The van der Waals surface area contributed by atoms with E-state index in [1.165, 1.54) is 19.2 Å². The SMILES string of the molecule is COc1ccc(/C=C2\SC(=O)N(CC(=O)N3CCCCC3)C2=O)cc1OCc1ccc(F)cc1. The minimum Gasteiger partial charge on any atom is -0.493 e. The van der Waals surface area contributed by atoms with Crippen LogP contribution in [-0.2, 0) is 16.2 Å². The Morgan fingerprint density at radius 2 is 1.79 bits per heavy atom. The number of hydrogen-bond donors (Lipinski definition) is 0. The number of nitrogens with zero attached hydrogens (tertiary/aromatic N) is 2. The summed E-state index contributed by atoms with van der Waals surface area (Å²) in [6, 6.07) is 11.1. The Morgan fingerprint density at radius 3 is 2.50 bits per heavy atom. The van der Waals surface area contributed by atoms with Gasteiger partial charge >= 0.3 is 0 Å². The van der Waals surface area contributed by atoms with Gasteiger partial charge in [-0.3, -0.25) is 19.3 Å². The molecule has 0 radical (unpaired) electrons. The number of thioether (sulfide) groups is 1. The fraction of sp³-hybridized carbons (Fsp3) is 0.320. The van der Waals surface area contributed by atoms with E-state index in [1.807, 2.05) is 0 Å². The van der Waals surface area contributed by atoms with Crippen LogP contribution < -0.4 is 9.47 Å². The Hall–Kier alpha value is -3.33. The summed E-state index contributed by atoms with van der Waals surface area (Å²) in [5, 5.41) is -0.456. The van der Waals surface area contributed by atoms with E-state index in [-0.39, 0.29) is 29.8 Å². The average molecular weight is 485 g/mol. The van der Waals surface area contributed by atoms with Crippen LogP contribution in [0.15, 0.2) is 47.4 Å². The number of ether oxygens (including phenoxy) is 2. The minimum atomic E-state index is -0.482. The van der Waals surface area contributed by atoms with Crippen LogP contribution in [0.1, 0.15) is 30.4 Å². The third kappa shape index (κ3) is 5.59. The molecule has 2 fully saturated rings. The fourth-order valence-corrected chi connectivity index (χ4v) is 4.64. The van der Waals surface area contributed by atoms with E-state index in [0.717, 1.165) is 41.5 Å². The summed E-state index contributed by atoms with van der Waals surface area (Å²) < 4.78 is 24.3. The number of hydrogen-bond acceptors (Lipinski definition) is 6. The number of methoxy groups -OCH3 is 1. The van der Waals surface area contributed by atoms with Gasteiger partial charge in [-0.15, -0.1) is 0 Å². The van der Waals surface area contributed by atoms with Crippen LogP contribution in [0, 0.1) is 5.82 Å². The normalized spacial score (nSPS) is 17.4. The van der Waals surface area contributed by atoms with Gasteiger partial charge in [0, 0.05) is 13.1 Å². The van der Waals surface area contributed by atoms with Crippen molar-refractivity contribution in [2.24, 2.45) is 0 Å². The summed E-state index contributed by atoms with van der Waals surface area (Å²) in [6.45, 7) is 1.29. The van der Waals surface area contributed by atoms with E-state index in [4.69, 9.17) is 9.47 Å². The van der Waals surface area contributed by atoms with Crippen LogP contribution in [-0.4, -0.2) is 53.6 Å². The molecule has 0 aliphatic carbocycles. The first-order valence-corrected chi connectivity index (χ1v) is 11.8. The van der Waals surface area contributed by atoms with E-state index in [2.05, 4.69) is 0 Å². The smallest absolute Gasteiger partial charge is 0.294 e. The highest BCUT2D eigenvalue weighted by molar-refractivity contribution is 8.18. The molecule has 2 aromatic rings. The predicted molar refractivity (Wildman–Crippen MR) is 127 cm³/mol. The second-order valence-corrected chi connectivity index (χ2v) is 9.03. The number of carbonyl (C=O) groups excluding carboxylic acids is 3. The van der Waals surface area contributed by atoms with Gasteiger partial charge in [0.15, 0.2) is 11.5 Å². The molecule has 0 spiro atoms. The minimum absolute atomic E-state index is 0.204. The molecular formula is C25H25FN2O5S. The predicted octanol–water partition coefficient (Wildman–Crippen LogP) is 4.46. The van der Waals surface area contributed by atoms with Crippen LogP contribution in [0.4, 0.5) is 9.18 Å². The molecule has 2 heterocycles. The van der Waals surface area contributed by atoms with E-state index >= 15 is 0 Å². The van der Waals surface area contributed by atoms with Gasteiger partial charge in [-0.25, -0.2) is 4.39 Å². The number of rotatable bonds is 7. The highest BCUT2D eigenvalue weighted by atomic mass is 32.2. The maximum atomic E-state index is 13.1. The van der Waals surface area contributed by atoms with Gasteiger partial charge in [0.25, 0.3) is 11.1 Å². The molecule has 7 nitrogen and oxygen atoms in total. The van der Waals surface area contributed by atoms with Gasteiger partial charge in [0.1, 0.15) is 19.0 Å². The first-order valence-electron chi connectivity index (χ1n) is 11.0. The number of imide groups is 1. The van der Waals surface area contributed by atoms with Crippen molar-refractivity contribution < 1.29 is 28.2 Å². The number of carbonyl (C=O) groups is 3. The van der Waals surface area contributed by atoms with Crippen molar-refractivity contribution in [3.8, 4) is 11.5 Å². The maximum absolute atomic E-state index is 13.1. The first kappa shape index (κ1) is 23.8. The Balaban J connectivity index is 1.46. The molecule has 4 rings (SSSR count). The molecule has 0 unspecified atom stereocenters. The first-order chi connectivity index (χ1) is 16.4. The highest BCUT2D eigenvalue weighted by Crippen LogP contribution is 2.35. The molecular weight excluding hydrogens is 459 g/mol. The van der Waals surface area contributed by atoms with E-state index in [0.29, 0.717) is 30.2 Å². The van der Waals surface area contributed by atoms with Crippen LogP contribution in [0.2, 0.25) is 0 Å². The van der Waals surface area contributed by atoms with E-state index in [1.54, 1.807) is 41.3 Å². The van der Waals surface area contributed by atoms with Crippen molar-refractivity contribution in [3.05, 3.63) is 64.3 Å². The van der Waals surface area contributed by atoms with E-state index in [9.17, 15) is 18.8 Å². The van der Waals surface area contributed by atoms with Gasteiger partial charge < -0.3 is 14.4 Å². The molecule has 9 heteroatoms. The number of amides is 3. The zero-order valence-electron chi connectivity index (χ0n) is 18.8. The third-order valence-electron chi connectivity index (χ3n) is 5.67. The molecule has 0 N–H and O–H groups in total. The molecule has 2 aromatic carbocycles. The van der Waals surface area contributed by atoms with E-state index < -0.39 is 11.1 Å². The summed E-state index contributed by atoms with van der Waals surface area (Å²) in [4.78, 5) is 40.8. The van der Waals surface area contributed by atoms with Crippen LogP contribution >= 0.6 is 11.8 Å². The molecule has 2 saturated heterocycles. The molecule has 34 heavy (non-hydrogen) atoms. The number of halogens is 1. The van der Waals surface area contributed by atoms with Crippen molar-refractivity contribution in [1.82, 2.24) is 9.80 Å². The largest absolute Gasteiger partial charge is 0.493 e. The second-order valence-electron chi connectivity index (χ2n) is 8.03. The van der Waals surface area contributed by atoms with Gasteiger partial charge in [0.05, 0.1) is 12.0 Å². The lowest BCUT2D eigenvalue weighted by Gasteiger charge is -2.27. The number of piperidine rings is 1. The zero-order chi connectivity index (χ0) is 24.1. The fourth-order valence-electron chi connectivity index (χ4n) is 3.80. The summed E-state index contributed by atoms with van der Waals surface area (Å²) >= 11 is 0.813. The monoisotopic (exact) mass is 484 g/mol. The molecule has 178 valence electrons. The lowest BCUT2D eigenvalue weighted by atomic mass is 10.1. The van der Waals surface area contributed by atoms with Crippen molar-refractivity contribution in [1.29, 1.82) is 0 Å². The Bertz CT molecular complexity index is 1110. The zero-order valence-corrected chi connectivity index (χ0v) is 19.6. The molecule has 2 aliphatic heterocycles. The Labute approximate surface area is 201 Å². The van der Waals surface area contributed by atoms with Crippen molar-refractivity contribution >= 4 is 34.9 Å². The van der Waals surface area contributed by atoms with Crippen molar-refractivity contribution in [2.75, 3.05) is 26.7 Å². The molecule has 3 amide bonds. The standard InChI is InChI=1S/C25H25FN2O5S/c1-32-20-10-7-18(13-21(20)33-16-17-5-8-19(26)9-6-17)14-22-24(30)28(25(31)34-22)15-23(29)27-11-3-2-4-12-27/h5-10,13-14H,2-4,11-12,15-16H2,1H3/b22-14-. The summed E-state index contributed by atoms with van der Waals surface area (Å²) in [7, 11) is 1.52.